The van der Waals surface area contributed by atoms with E-state index >= 15 is 0 Å². The molecule has 0 amide bonds. The predicted molar refractivity (Wildman–Crippen MR) is 140 cm³/mol. The molecule has 2 heterocycles. The molecule has 37 heavy (non-hydrogen) atoms. The van der Waals surface area contributed by atoms with Crippen molar-refractivity contribution in [1.82, 2.24) is 19.9 Å². The predicted octanol–water partition coefficient (Wildman–Crippen LogP) is 5.62. The summed E-state index contributed by atoms with van der Waals surface area (Å²) >= 11 is 14.5. The van der Waals surface area contributed by atoms with Gasteiger partial charge in [-0.3, -0.25) is 4.79 Å². The fourth-order valence-electron chi connectivity index (χ4n) is 4.49. The van der Waals surface area contributed by atoms with Gasteiger partial charge in [0.1, 0.15) is 11.0 Å². The summed E-state index contributed by atoms with van der Waals surface area (Å²) < 4.78 is 38.9. The number of benzene rings is 1. The number of rotatable bonds is 10. The molecule has 3 aromatic rings. The SMILES string of the molecule is CC(C)NS(=O)(=O)c1ccc(-c2sc(-c3nnc([C@H]4C[C@H](OC=O)C4)o3)nc2CC2CCC2)c(Cl)c1Cl. The Bertz CT molecular complexity index is 1410. The third-order valence-corrected chi connectivity index (χ3v) is 10.5. The number of aromatic nitrogens is 3. The van der Waals surface area contributed by atoms with Crippen molar-refractivity contribution in [1.29, 1.82) is 0 Å². The molecule has 9 nitrogen and oxygen atoms in total. The van der Waals surface area contributed by atoms with E-state index < -0.39 is 10.0 Å². The maximum atomic E-state index is 12.7. The van der Waals surface area contributed by atoms with Crippen molar-refractivity contribution in [3.8, 4) is 21.3 Å². The van der Waals surface area contributed by atoms with Gasteiger partial charge in [0.2, 0.25) is 15.9 Å². The van der Waals surface area contributed by atoms with Crippen LogP contribution in [0.2, 0.25) is 10.0 Å². The average Bonchev–Trinajstić information content (AvgIpc) is 3.41. The Hall–Kier alpha value is -2.05. The highest BCUT2D eigenvalue weighted by molar-refractivity contribution is 7.89. The smallest absolute Gasteiger partial charge is 0.293 e. The highest BCUT2D eigenvalue weighted by Crippen LogP contribution is 2.45. The topological polar surface area (TPSA) is 124 Å². The van der Waals surface area contributed by atoms with Crippen molar-refractivity contribution >= 4 is 51.0 Å². The second-order valence-electron chi connectivity index (χ2n) is 9.78. The van der Waals surface area contributed by atoms with E-state index in [4.69, 9.17) is 37.3 Å². The lowest BCUT2D eigenvalue weighted by Gasteiger charge is -2.30. The van der Waals surface area contributed by atoms with Crippen LogP contribution in [-0.4, -0.2) is 42.2 Å². The van der Waals surface area contributed by atoms with Gasteiger partial charge in [-0.05, 0) is 45.1 Å². The standard InChI is InChI=1S/C24H26Cl2N4O5S2/c1-12(2)30-37(32,33)18-7-6-16(19(25)20(18)26)21-17(8-13-4-3-5-13)27-24(36-21)23-29-28-22(35-23)14-9-15(10-14)34-11-31/h6-7,11-15,30H,3-5,8-10H2,1-2H3/t14-,15-. The van der Waals surface area contributed by atoms with Crippen LogP contribution in [0.1, 0.15) is 63.5 Å². The maximum absolute atomic E-state index is 12.7. The maximum Gasteiger partial charge on any atom is 0.293 e. The van der Waals surface area contributed by atoms with Gasteiger partial charge in [0.05, 0.1) is 20.6 Å². The van der Waals surface area contributed by atoms with E-state index in [-0.39, 0.29) is 33.0 Å². The third-order valence-electron chi connectivity index (χ3n) is 6.69. The Kier molecular flexibility index (Phi) is 7.61. The largest absolute Gasteiger partial charge is 0.465 e. The molecule has 2 aromatic heterocycles. The summed E-state index contributed by atoms with van der Waals surface area (Å²) in [6.45, 7) is 3.93. The third kappa shape index (κ3) is 5.42. The molecule has 0 unspecified atom stereocenters. The number of halogens is 2. The molecule has 0 spiro atoms. The van der Waals surface area contributed by atoms with Crippen LogP contribution in [-0.2, 0) is 26.0 Å². The number of sulfonamides is 1. The summed E-state index contributed by atoms with van der Waals surface area (Å²) in [4.78, 5) is 16.1. The van der Waals surface area contributed by atoms with Gasteiger partial charge in [-0.1, -0.05) is 48.5 Å². The van der Waals surface area contributed by atoms with Gasteiger partial charge in [0.25, 0.3) is 12.4 Å². The highest BCUT2D eigenvalue weighted by Gasteiger charge is 2.36. The van der Waals surface area contributed by atoms with Crippen LogP contribution in [0.15, 0.2) is 21.4 Å². The molecule has 2 aliphatic rings. The zero-order valence-electron chi connectivity index (χ0n) is 20.2. The first-order valence-electron chi connectivity index (χ1n) is 12.1. The lowest BCUT2D eigenvalue weighted by molar-refractivity contribution is -0.138. The molecule has 0 aliphatic heterocycles. The lowest BCUT2D eigenvalue weighted by atomic mass is 9.82. The van der Waals surface area contributed by atoms with E-state index in [0.717, 1.165) is 29.8 Å². The van der Waals surface area contributed by atoms with E-state index in [1.807, 2.05) is 0 Å². The molecular weight excluding hydrogens is 559 g/mol. The summed E-state index contributed by atoms with van der Waals surface area (Å²) in [5.74, 6) is 1.37. The minimum Gasteiger partial charge on any atom is -0.465 e. The van der Waals surface area contributed by atoms with E-state index in [1.165, 1.54) is 23.8 Å². The number of hydrogen-bond acceptors (Lipinski definition) is 9. The van der Waals surface area contributed by atoms with Crippen molar-refractivity contribution in [3.05, 3.63) is 33.8 Å². The van der Waals surface area contributed by atoms with Gasteiger partial charge in [-0.25, -0.2) is 18.1 Å². The number of nitrogens with one attached hydrogen (secondary N) is 1. The van der Waals surface area contributed by atoms with Crippen molar-refractivity contribution in [3.63, 3.8) is 0 Å². The number of hydrogen-bond donors (Lipinski definition) is 1. The molecule has 1 N–H and O–H groups in total. The molecule has 198 valence electrons. The molecule has 2 aliphatic carbocycles. The molecule has 2 fully saturated rings. The quantitative estimate of drug-likeness (QED) is 0.304. The number of ether oxygens (including phenoxy) is 1. The Morgan fingerprint density at radius 1 is 1.22 bits per heavy atom. The van der Waals surface area contributed by atoms with E-state index in [9.17, 15) is 13.2 Å². The molecule has 0 saturated heterocycles. The molecule has 5 rings (SSSR count). The van der Waals surface area contributed by atoms with Crippen molar-refractivity contribution in [2.75, 3.05) is 0 Å². The van der Waals surface area contributed by atoms with Gasteiger partial charge < -0.3 is 9.15 Å². The highest BCUT2D eigenvalue weighted by atomic mass is 35.5. The van der Waals surface area contributed by atoms with Crippen LogP contribution in [0, 0.1) is 5.92 Å². The van der Waals surface area contributed by atoms with Crippen molar-refractivity contribution in [2.45, 2.75) is 75.3 Å². The Labute approximate surface area is 229 Å². The summed E-state index contributed by atoms with van der Waals surface area (Å²) in [5.41, 5.74) is 1.46. The van der Waals surface area contributed by atoms with Gasteiger partial charge in [0.15, 0.2) is 5.01 Å². The average molecular weight is 586 g/mol. The Balaban J connectivity index is 1.48. The molecule has 0 atom stereocenters. The summed E-state index contributed by atoms with van der Waals surface area (Å²) in [7, 11) is -3.82. The number of thiazole rings is 1. The second-order valence-corrected chi connectivity index (χ2v) is 13.2. The molecule has 2 saturated carbocycles. The Morgan fingerprint density at radius 3 is 2.62 bits per heavy atom. The van der Waals surface area contributed by atoms with E-state index in [0.29, 0.717) is 47.6 Å². The van der Waals surface area contributed by atoms with Gasteiger partial charge in [-0.2, -0.15) is 0 Å². The number of carbonyl (C=O) groups excluding carboxylic acids is 1. The van der Waals surface area contributed by atoms with E-state index in [2.05, 4.69) is 14.9 Å². The normalized spacial score (nSPS) is 20.0. The fourth-order valence-corrected chi connectivity index (χ4v) is 7.71. The molecular formula is C24H26Cl2N4O5S2. The minimum absolute atomic E-state index is 0.0333. The second kappa shape index (κ2) is 10.6. The van der Waals surface area contributed by atoms with Crippen LogP contribution in [0.4, 0.5) is 0 Å². The lowest BCUT2D eigenvalue weighted by Crippen LogP contribution is -2.30. The summed E-state index contributed by atoms with van der Waals surface area (Å²) in [6, 6.07) is 2.85. The van der Waals surface area contributed by atoms with Crippen LogP contribution in [0.3, 0.4) is 0 Å². The number of nitrogens with zero attached hydrogens (tertiary/aromatic N) is 3. The van der Waals surface area contributed by atoms with Crippen LogP contribution in [0.5, 0.6) is 0 Å². The minimum atomic E-state index is -3.82. The van der Waals surface area contributed by atoms with Crippen molar-refractivity contribution < 1.29 is 22.4 Å². The molecule has 13 heteroatoms. The Morgan fingerprint density at radius 2 is 1.97 bits per heavy atom. The molecule has 0 bridgehead atoms. The molecule has 0 radical (unpaired) electrons. The van der Waals surface area contributed by atoms with Gasteiger partial charge in [0, 0.05) is 17.5 Å². The van der Waals surface area contributed by atoms with Crippen LogP contribution >= 0.6 is 34.5 Å². The zero-order chi connectivity index (χ0) is 26.3. The number of carbonyl (C=O) groups is 1. The zero-order valence-corrected chi connectivity index (χ0v) is 23.4. The van der Waals surface area contributed by atoms with Crippen LogP contribution < -0.4 is 4.72 Å². The van der Waals surface area contributed by atoms with Gasteiger partial charge in [-0.15, -0.1) is 21.5 Å². The van der Waals surface area contributed by atoms with E-state index in [1.54, 1.807) is 19.9 Å². The summed E-state index contributed by atoms with van der Waals surface area (Å²) in [6.07, 6.45) is 5.40. The van der Waals surface area contributed by atoms with Crippen LogP contribution in [0.25, 0.3) is 21.3 Å². The summed E-state index contributed by atoms with van der Waals surface area (Å²) in [5, 5.41) is 9.08. The first-order valence-corrected chi connectivity index (χ1v) is 15.1. The first-order chi connectivity index (χ1) is 17.7. The van der Waals surface area contributed by atoms with Crippen molar-refractivity contribution in [2.24, 2.45) is 5.92 Å². The monoisotopic (exact) mass is 584 g/mol. The first kappa shape index (κ1) is 26.6. The van der Waals surface area contributed by atoms with Gasteiger partial charge >= 0.3 is 0 Å². The fraction of sp³-hybridized carbons (Fsp3) is 0.500. The molecule has 1 aromatic carbocycles.